The van der Waals surface area contributed by atoms with Crippen molar-refractivity contribution in [3.05, 3.63) is 0 Å². The molecule has 0 aromatic carbocycles. The molecule has 0 fully saturated rings. The van der Waals surface area contributed by atoms with Crippen LogP contribution in [0.2, 0.25) is 0 Å². The van der Waals surface area contributed by atoms with E-state index in [0.29, 0.717) is 16.4 Å². The van der Waals surface area contributed by atoms with Gasteiger partial charge in [0.15, 0.2) is 0 Å². The molecule has 0 radical (unpaired) electrons. The van der Waals surface area contributed by atoms with Gasteiger partial charge in [-0.05, 0) is 32.2 Å². The SMILES string of the molecule is CCCNC(C)(C#N)CC(C)SC(C)C(C)C. The fourth-order valence-corrected chi connectivity index (χ4v) is 3.18. The first-order valence-corrected chi connectivity index (χ1v) is 7.60. The second kappa shape index (κ2) is 8.00. The number of nitrogens with zero attached hydrogens (tertiary/aromatic N) is 1. The van der Waals surface area contributed by atoms with Crippen molar-refractivity contribution in [1.29, 1.82) is 5.26 Å². The van der Waals surface area contributed by atoms with E-state index in [-0.39, 0.29) is 5.54 Å². The molecule has 2 nitrogen and oxygen atoms in total. The standard InChI is InChI=1S/C14H28N2S/c1-7-8-16-14(6,10-15)9-12(4)17-13(5)11(2)3/h11-13,16H,7-9H2,1-6H3. The van der Waals surface area contributed by atoms with E-state index in [0.717, 1.165) is 19.4 Å². The lowest BCUT2D eigenvalue weighted by Gasteiger charge is -2.28. The van der Waals surface area contributed by atoms with Gasteiger partial charge in [-0.15, -0.1) is 0 Å². The van der Waals surface area contributed by atoms with E-state index >= 15 is 0 Å². The van der Waals surface area contributed by atoms with Gasteiger partial charge in [-0.3, -0.25) is 5.32 Å². The van der Waals surface area contributed by atoms with E-state index in [9.17, 15) is 5.26 Å². The predicted molar refractivity (Wildman–Crippen MR) is 78.3 cm³/mol. The molecule has 0 aromatic rings. The van der Waals surface area contributed by atoms with Crippen molar-refractivity contribution in [1.82, 2.24) is 5.32 Å². The van der Waals surface area contributed by atoms with Gasteiger partial charge in [-0.1, -0.05) is 34.6 Å². The first-order valence-electron chi connectivity index (χ1n) is 6.66. The number of rotatable bonds is 8. The molecule has 0 heterocycles. The van der Waals surface area contributed by atoms with Crippen molar-refractivity contribution in [3.8, 4) is 6.07 Å². The normalized spacial score (nSPS) is 18.5. The Morgan fingerprint density at radius 3 is 2.29 bits per heavy atom. The van der Waals surface area contributed by atoms with Gasteiger partial charge in [0, 0.05) is 10.5 Å². The molecule has 0 rings (SSSR count). The fraction of sp³-hybridized carbons (Fsp3) is 0.929. The van der Waals surface area contributed by atoms with Gasteiger partial charge < -0.3 is 0 Å². The summed E-state index contributed by atoms with van der Waals surface area (Å²) in [6.45, 7) is 14.1. The average Bonchev–Trinajstić information content (AvgIpc) is 2.26. The summed E-state index contributed by atoms with van der Waals surface area (Å²) in [5, 5.41) is 13.8. The molecule has 0 saturated heterocycles. The van der Waals surface area contributed by atoms with Crippen molar-refractivity contribution in [2.24, 2.45) is 5.92 Å². The van der Waals surface area contributed by atoms with E-state index in [1.54, 1.807) is 0 Å². The molecule has 0 aliphatic carbocycles. The summed E-state index contributed by atoms with van der Waals surface area (Å²) in [5.41, 5.74) is -0.376. The van der Waals surface area contributed by atoms with Crippen LogP contribution in [0.3, 0.4) is 0 Å². The van der Waals surface area contributed by atoms with Crippen LogP contribution in [0.15, 0.2) is 0 Å². The molecule has 0 bridgehead atoms. The maximum Gasteiger partial charge on any atom is 0.104 e. The Hall–Kier alpha value is -0.200. The number of hydrogen-bond donors (Lipinski definition) is 1. The van der Waals surface area contributed by atoms with Crippen LogP contribution >= 0.6 is 11.8 Å². The van der Waals surface area contributed by atoms with Crippen LogP contribution in [0.25, 0.3) is 0 Å². The average molecular weight is 256 g/mol. The Morgan fingerprint density at radius 1 is 1.29 bits per heavy atom. The minimum absolute atomic E-state index is 0.376. The van der Waals surface area contributed by atoms with E-state index < -0.39 is 0 Å². The van der Waals surface area contributed by atoms with Gasteiger partial charge >= 0.3 is 0 Å². The molecule has 1 N–H and O–H groups in total. The minimum Gasteiger partial charge on any atom is -0.300 e. The minimum atomic E-state index is -0.376. The summed E-state index contributed by atoms with van der Waals surface area (Å²) in [6.07, 6.45) is 1.98. The third-order valence-electron chi connectivity index (χ3n) is 3.09. The highest BCUT2D eigenvalue weighted by Crippen LogP contribution is 2.28. The highest BCUT2D eigenvalue weighted by Gasteiger charge is 2.26. The molecule has 17 heavy (non-hydrogen) atoms. The van der Waals surface area contributed by atoms with Crippen molar-refractivity contribution >= 4 is 11.8 Å². The summed E-state index contributed by atoms with van der Waals surface area (Å²) >= 11 is 1.99. The monoisotopic (exact) mass is 256 g/mol. The topological polar surface area (TPSA) is 35.8 Å². The molecule has 0 amide bonds. The van der Waals surface area contributed by atoms with Crippen LogP contribution in [0, 0.1) is 17.2 Å². The van der Waals surface area contributed by atoms with Crippen LogP contribution in [0.4, 0.5) is 0 Å². The van der Waals surface area contributed by atoms with Gasteiger partial charge in [0.25, 0.3) is 0 Å². The smallest absolute Gasteiger partial charge is 0.104 e. The van der Waals surface area contributed by atoms with Crippen LogP contribution < -0.4 is 5.32 Å². The summed E-state index contributed by atoms with van der Waals surface area (Å²) in [6, 6.07) is 2.42. The lowest BCUT2D eigenvalue weighted by atomic mass is 9.98. The van der Waals surface area contributed by atoms with Crippen LogP contribution in [0.5, 0.6) is 0 Å². The lowest BCUT2D eigenvalue weighted by Crippen LogP contribution is -2.43. The maximum atomic E-state index is 9.28. The van der Waals surface area contributed by atoms with E-state index in [4.69, 9.17) is 0 Å². The molecular weight excluding hydrogens is 228 g/mol. The van der Waals surface area contributed by atoms with Gasteiger partial charge in [0.05, 0.1) is 6.07 Å². The molecule has 100 valence electrons. The first kappa shape index (κ1) is 16.8. The summed E-state index contributed by atoms with van der Waals surface area (Å²) in [5.74, 6) is 0.694. The highest BCUT2D eigenvalue weighted by molar-refractivity contribution is 8.00. The van der Waals surface area contributed by atoms with Crippen molar-refractivity contribution in [2.75, 3.05) is 6.54 Å². The molecule has 0 saturated carbocycles. The molecule has 0 aromatic heterocycles. The molecule has 3 unspecified atom stereocenters. The maximum absolute atomic E-state index is 9.28. The zero-order valence-corrected chi connectivity index (χ0v) is 13.0. The van der Waals surface area contributed by atoms with E-state index in [1.807, 2.05) is 18.7 Å². The quantitative estimate of drug-likeness (QED) is 0.717. The number of nitrogens with one attached hydrogen (secondary N) is 1. The molecule has 0 aliphatic rings. The van der Waals surface area contributed by atoms with Gasteiger partial charge in [0.1, 0.15) is 5.54 Å². The molecule has 0 spiro atoms. The van der Waals surface area contributed by atoms with E-state index in [2.05, 4.69) is 46.0 Å². The molecule has 0 aliphatic heterocycles. The predicted octanol–water partition coefficient (Wildman–Crippen LogP) is 3.82. The van der Waals surface area contributed by atoms with E-state index in [1.165, 1.54) is 0 Å². The Balaban J connectivity index is 4.23. The fourth-order valence-electron chi connectivity index (χ4n) is 1.70. The third kappa shape index (κ3) is 6.95. The zero-order chi connectivity index (χ0) is 13.5. The first-order chi connectivity index (χ1) is 7.84. The third-order valence-corrected chi connectivity index (χ3v) is 4.70. The number of thioether (sulfide) groups is 1. The zero-order valence-electron chi connectivity index (χ0n) is 12.2. The second-order valence-corrected chi connectivity index (χ2v) is 7.29. The summed E-state index contributed by atoms with van der Waals surface area (Å²) in [4.78, 5) is 0. The Kier molecular flexibility index (Phi) is 7.91. The molecule has 3 heteroatoms. The number of hydrogen-bond acceptors (Lipinski definition) is 3. The Labute approximate surface area is 112 Å². The Bertz CT molecular complexity index is 247. The lowest BCUT2D eigenvalue weighted by molar-refractivity contribution is 0.418. The molecular formula is C14H28N2S. The summed E-state index contributed by atoms with van der Waals surface area (Å²) < 4.78 is 0. The largest absolute Gasteiger partial charge is 0.300 e. The van der Waals surface area contributed by atoms with Gasteiger partial charge in [-0.2, -0.15) is 17.0 Å². The summed E-state index contributed by atoms with van der Waals surface area (Å²) in [7, 11) is 0. The Morgan fingerprint density at radius 2 is 1.88 bits per heavy atom. The van der Waals surface area contributed by atoms with Crippen LogP contribution in [-0.4, -0.2) is 22.6 Å². The van der Waals surface area contributed by atoms with Gasteiger partial charge in [-0.25, -0.2) is 0 Å². The van der Waals surface area contributed by atoms with Crippen LogP contribution in [0.1, 0.15) is 54.4 Å². The van der Waals surface area contributed by atoms with Gasteiger partial charge in [0.2, 0.25) is 0 Å². The second-order valence-electron chi connectivity index (χ2n) is 5.47. The van der Waals surface area contributed by atoms with Crippen molar-refractivity contribution in [2.45, 2.75) is 70.4 Å². The van der Waals surface area contributed by atoms with Crippen LogP contribution in [-0.2, 0) is 0 Å². The van der Waals surface area contributed by atoms with Crippen molar-refractivity contribution < 1.29 is 0 Å². The number of nitriles is 1. The van der Waals surface area contributed by atoms with Crippen molar-refractivity contribution in [3.63, 3.8) is 0 Å². The highest BCUT2D eigenvalue weighted by atomic mass is 32.2. The molecule has 3 atom stereocenters.